The van der Waals surface area contributed by atoms with E-state index in [0.717, 1.165) is 5.56 Å². The van der Waals surface area contributed by atoms with Gasteiger partial charge in [-0.05, 0) is 42.8 Å². The lowest BCUT2D eigenvalue weighted by molar-refractivity contribution is 0.0696. The van der Waals surface area contributed by atoms with Crippen LogP contribution in [0, 0.1) is 6.92 Å². The first-order chi connectivity index (χ1) is 15.7. The Morgan fingerprint density at radius 2 is 1.64 bits per heavy atom. The zero-order chi connectivity index (χ0) is 24.0. The first-order valence-corrected chi connectivity index (χ1v) is 11.4. The topological polar surface area (TPSA) is 116 Å². The molecule has 0 aromatic heterocycles. The van der Waals surface area contributed by atoms with Crippen LogP contribution in [0.2, 0.25) is 0 Å². The Morgan fingerprint density at radius 3 is 2.27 bits per heavy atom. The molecule has 0 spiro atoms. The summed E-state index contributed by atoms with van der Waals surface area (Å²) in [5.74, 6) is -1.57. The molecule has 0 bridgehead atoms. The molecule has 2 N–H and O–H groups in total. The molecule has 3 aromatic carbocycles. The number of hydrogen-bond acceptors (Lipinski definition) is 5. The summed E-state index contributed by atoms with van der Waals surface area (Å²) in [4.78, 5) is 23.7. The van der Waals surface area contributed by atoms with Crippen LogP contribution in [0.3, 0.4) is 0 Å². The summed E-state index contributed by atoms with van der Waals surface area (Å²) in [6, 6.07) is 19.4. The number of nitrogens with zero attached hydrogens (tertiary/aromatic N) is 2. The van der Waals surface area contributed by atoms with E-state index in [4.69, 9.17) is 0 Å². The number of hydrogen-bond donors (Lipinski definition) is 2. The average molecular weight is 466 g/mol. The summed E-state index contributed by atoms with van der Waals surface area (Å²) >= 11 is 0. The van der Waals surface area contributed by atoms with Crippen molar-refractivity contribution in [2.45, 2.75) is 18.4 Å². The molecular formula is C24H23N3O5S. The molecular weight excluding hydrogens is 442 g/mol. The van der Waals surface area contributed by atoms with Crippen LogP contribution in [0.1, 0.15) is 37.4 Å². The van der Waals surface area contributed by atoms with Crippen LogP contribution >= 0.6 is 0 Å². The molecule has 0 aliphatic rings. The molecule has 0 fully saturated rings. The number of aromatic carboxylic acids is 1. The highest BCUT2D eigenvalue weighted by atomic mass is 32.2. The third-order valence-electron chi connectivity index (χ3n) is 4.91. The fourth-order valence-corrected chi connectivity index (χ4v) is 4.18. The molecule has 3 aromatic rings. The predicted molar refractivity (Wildman–Crippen MR) is 125 cm³/mol. The van der Waals surface area contributed by atoms with Crippen molar-refractivity contribution in [3.8, 4) is 0 Å². The molecule has 8 nitrogen and oxygen atoms in total. The van der Waals surface area contributed by atoms with Crippen molar-refractivity contribution >= 4 is 28.1 Å². The van der Waals surface area contributed by atoms with Gasteiger partial charge in [0, 0.05) is 24.7 Å². The molecule has 0 saturated carbocycles. The fourth-order valence-electron chi connectivity index (χ4n) is 3.02. The number of carbonyl (C=O) groups is 2. The zero-order valence-corrected chi connectivity index (χ0v) is 18.9. The maximum atomic E-state index is 12.7. The van der Waals surface area contributed by atoms with Gasteiger partial charge in [0.1, 0.15) is 0 Å². The van der Waals surface area contributed by atoms with Crippen LogP contribution in [0.5, 0.6) is 0 Å². The van der Waals surface area contributed by atoms with E-state index in [1.54, 1.807) is 66.7 Å². The molecule has 9 heteroatoms. The average Bonchev–Trinajstić information content (AvgIpc) is 2.80. The minimum Gasteiger partial charge on any atom is -0.478 e. The van der Waals surface area contributed by atoms with Gasteiger partial charge in [0.15, 0.2) is 0 Å². The number of carboxylic acid groups (broad SMARTS) is 1. The number of carbonyl (C=O) groups excluding carboxylic acids is 1. The van der Waals surface area contributed by atoms with Gasteiger partial charge in [0.2, 0.25) is 10.0 Å². The van der Waals surface area contributed by atoms with Crippen molar-refractivity contribution in [1.82, 2.24) is 9.73 Å². The van der Waals surface area contributed by atoms with E-state index in [0.29, 0.717) is 16.7 Å². The quantitative estimate of drug-likeness (QED) is 0.391. The highest BCUT2D eigenvalue weighted by molar-refractivity contribution is 7.89. The van der Waals surface area contributed by atoms with Crippen molar-refractivity contribution in [2.75, 3.05) is 7.05 Å². The Kier molecular flexibility index (Phi) is 7.37. The normalized spacial score (nSPS) is 11.6. The lowest BCUT2D eigenvalue weighted by Crippen LogP contribution is -2.26. The van der Waals surface area contributed by atoms with E-state index >= 15 is 0 Å². The van der Waals surface area contributed by atoms with Crippen LogP contribution in [-0.4, -0.2) is 43.0 Å². The van der Waals surface area contributed by atoms with E-state index in [9.17, 15) is 23.1 Å². The van der Waals surface area contributed by atoms with E-state index in [1.807, 2.05) is 6.92 Å². The van der Waals surface area contributed by atoms with Crippen molar-refractivity contribution in [3.05, 3.63) is 101 Å². The first kappa shape index (κ1) is 23.8. The predicted octanol–water partition coefficient (Wildman–Crippen LogP) is 3.28. The minimum atomic E-state index is -3.64. The first-order valence-electron chi connectivity index (χ1n) is 9.96. The van der Waals surface area contributed by atoms with Crippen molar-refractivity contribution < 1.29 is 23.1 Å². The molecule has 170 valence electrons. The van der Waals surface area contributed by atoms with Crippen LogP contribution in [0.15, 0.2) is 82.8 Å². The summed E-state index contributed by atoms with van der Waals surface area (Å²) < 4.78 is 26.7. The van der Waals surface area contributed by atoms with Gasteiger partial charge >= 0.3 is 5.97 Å². The molecule has 33 heavy (non-hydrogen) atoms. The molecule has 0 aliphatic carbocycles. The van der Waals surface area contributed by atoms with Gasteiger partial charge in [0.05, 0.1) is 16.7 Å². The van der Waals surface area contributed by atoms with Crippen molar-refractivity contribution in [3.63, 3.8) is 0 Å². The van der Waals surface area contributed by atoms with E-state index in [2.05, 4.69) is 10.5 Å². The summed E-state index contributed by atoms with van der Waals surface area (Å²) in [6.07, 6.45) is 1.26. The smallest absolute Gasteiger partial charge is 0.336 e. The standard InChI is InChI=1S/C24H23N3O5S/c1-17-7-13-21(14-8-17)33(31,32)27(2)16-18-9-11-19(12-10-18)23(28)26-25-15-20-5-3-4-6-22(20)24(29)30/h3-15H,16H2,1-2H3,(H,26,28)(H,29,30)/b25-15-. The van der Waals surface area contributed by atoms with E-state index < -0.39 is 21.9 Å². The highest BCUT2D eigenvalue weighted by Gasteiger charge is 2.20. The zero-order valence-electron chi connectivity index (χ0n) is 18.1. The van der Waals surface area contributed by atoms with Gasteiger partial charge in [-0.15, -0.1) is 0 Å². The molecule has 0 unspecified atom stereocenters. The second-order valence-electron chi connectivity index (χ2n) is 7.36. The fraction of sp³-hybridized carbons (Fsp3) is 0.125. The Morgan fingerprint density at radius 1 is 1.00 bits per heavy atom. The van der Waals surface area contributed by atoms with Gasteiger partial charge in [-0.3, -0.25) is 4.79 Å². The summed E-state index contributed by atoms with van der Waals surface area (Å²) in [5, 5.41) is 13.0. The molecule has 1 amide bonds. The SMILES string of the molecule is Cc1ccc(S(=O)(=O)N(C)Cc2ccc(C(=O)N/N=C\c3ccccc3C(=O)O)cc2)cc1. The second-order valence-corrected chi connectivity index (χ2v) is 9.41. The molecule has 3 rings (SSSR count). The molecule has 0 saturated heterocycles. The second kappa shape index (κ2) is 10.2. The Balaban J connectivity index is 1.63. The number of rotatable bonds is 8. The molecule has 0 heterocycles. The Bertz CT molecular complexity index is 1280. The number of benzene rings is 3. The summed E-state index contributed by atoms with van der Waals surface area (Å²) in [6.45, 7) is 2.03. The van der Waals surface area contributed by atoms with Crippen molar-refractivity contribution in [2.24, 2.45) is 5.10 Å². The van der Waals surface area contributed by atoms with E-state index in [1.165, 1.54) is 23.6 Å². The number of nitrogens with one attached hydrogen (secondary N) is 1. The van der Waals surface area contributed by atoms with Crippen LogP contribution in [0.4, 0.5) is 0 Å². The molecule has 0 radical (unpaired) electrons. The third-order valence-corrected chi connectivity index (χ3v) is 6.73. The molecule has 0 atom stereocenters. The van der Waals surface area contributed by atoms with Crippen LogP contribution < -0.4 is 5.43 Å². The summed E-state index contributed by atoms with van der Waals surface area (Å²) in [5.41, 5.74) is 4.80. The number of aryl methyl sites for hydroxylation is 1. The number of hydrazone groups is 1. The van der Waals surface area contributed by atoms with Crippen LogP contribution in [-0.2, 0) is 16.6 Å². The van der Waals surface area contributed by atoms with Gasteiger partial charge in [-0.1, -0.05) is 48.0 Å². The maximum absolute atomic E-state index is 12.7. The lowest BCUT2D eigenvalue weighted by Gasteiger charge is -2.17. The van der Waals surface area contributed by atoms with Crippen LogP contribution in [0.25, 0.3) is 0 Å². The largest absolute Gasteiger partial charge is 0.478 e. The highest BCUT2D eigenvalue weighted by Crippen LogP contribution is 2.17. The lowest BCUT2D eigenvalue weighted by atomic mass is 10.1. The minimum absolute atomic E-state index is 0.0737. The van der Waals surface area contributed by atoms with Crippen molar-refractivity contribution in [1.29, 1.82) is 0 Å². The molecule has 0 aliphatic heterocycles. The Labute approximate surface area is 192 Å². The Hall–Kier alpha value is -3.82. The number of carboxylic acids is 1. The van der Waals surface area contributed by atoms with E-state index in [-0.39, 0.29) is 17.0 Å². The monoisotopic (exact) mass is 465 g/mol. The maximum Gasteiger partial charge on any atom is 0.336 e. The van der Waals surface area contributed by atoms with Gasteiger partial charge < -0.3 is 5.11 Å². The third kappa shape index (κ3) is 5.91. The van der Waals surface area contributed by atoms with Gasteiger partial charge in [0.25, 0.3) is 5.91 Å². The van der Waals surface area contributed by atoms with Gasteiger partial charge in [-0.2, -0.15) is 9.41 Å². The van der Waals surface area contributed by atoms with Gasteiger partial charge in [-0.25, -0.2) is 18.6 Å². The summed E-state index contributed by atoms with van der Waals surface area (Å²) in [7, 11) is -2.14. The number of sulfonamides is 1. The number of amides is 1.